The first kappa shape index (κ1) is 12.7. The normalized spacial score (nSPS) is 10.5. The van der Waals surface area contributed by atoms with Crippen molar-refractivity contribution in [1.29, 1.82) is 0 Å². The molecule has 4 heteroatoms. The van der Waals surface area contributed by atoms with Crippen molar-refractivity contribution in [3.63, 3.8) is 0 Å². The first-order valence-electron chi connectivity index (χ1n) is 5.30. The molecule has 1 aromatic carbocycles. The van der Waals surface area contributed by atoms with Gasteiger partial charge in [0.05, 0.1) is 5.69 Å². The number of benzene rings is 1. The number of halogens is 2. The molecular formula is C13H12Br2N2. The van der Waals surface area contributed by atoms with Crippen LogP contribution in [0.4, 0.5) is 0 Å². The van der Waals surface area contributed by atoms with Gasteiger partial charge in [0.15, 0.2) is 0 Å². The molecule has 0 spiro atoms. The van der Waals surface area contributed by atoms with Gasteiger partial charge in [-0.15, -0.1) is 0 Å². The van der Waals surface area contributed by atoms with E-state index in [1.54, 1.807) is 0 Å². The van der Waals surface area contributed by atoms with E-state index in [-0.39, 0.29) is 0 Å². The third-order valence-corrected chi connectivity index (χ3v) is 3.47. The highest BCUT2D eigenvalue weighted by molar-refractivity contribution is 9.11. The molecule has 2 nitrogen and oxygen atoms in total. The summed E-state index contributed by atoms with van der Waals surface area (Å²) in [6.07, 6.45) is 1.81. The van der Waals surface area contributed by atoms with Crippen molar-refractivity contribution >= 4 is 31.9 Å². The molecule has 0 unspecified atom stereocenters. The van der Waals surface area contributed by atoms with Crippen molar-refractivity contribution in [3.05, 3.63) is 62.8 Å². The Balaban J connectivity index is 1.90. The molecule has 0 saturated carbocycles. The zero-order valence-corrected chi connectivity index (χ0v) is 12.3. The Hall–Kier alpha value is -0.710. The Morgan fingerprint density at radius 1 is 1.06 bits per heavy atom. The molecule has 0 amide bonds. The summed E-state index contributed by atoms with van der Waals surface area (Å²) in [5, 5.41) is 3.37. The van der Waals surface area contributed by atoms with E-state index in [2.05, 4.69) is 54.3 Å². The summed E-state index contributed by atoms with van der Waals surface area (Å²) in [6, 6.07) is 12.3. The van der Waals surface area contributed by atoms with Crippen LogP contribution in [0.5, 0.6) is 0 Å². The van der Waals surface area contributed by atoms with Gasteiger partial charge in [0, 0.05) is 28.2 Å². The molecule has 0 saturated heterocycles. The van der Waals surface area contributed by atoms with E-state index in [4.69, 9.17) is 0 Å². The maximum atomic E-state index is 4.35. The standard InChI is InChI=1S/C13H12Br2N2/c14-11-6-12(15)13(17-8-11)9-16-7-10-4-2-1-3-5-10/h1-6,8,16H,7,9H2. The van der Waals surface area contributed by atoms with Gasteiger partial charge in [-0.3, -0.25) is 4.98 Å². The minimum Gasteiger partial charge on any atom is -0.307 e. The van der Waals surface area contributed by atoms with Gasteiger partial charge in [-0.2, -0.15) is 0 Å². The number of rotatable bonds is 4. The second kappa shape index (κ2) is 6.28. The summed E-state index contributed by atoms with van der Waals surface area (Å²) in [5.74, 6) is 0. The van der Waals surface area contributed by atoms with Crippen LogP contribution in [-0.4, -0.2) is 4.98 Å². The van der Waals surface area contributed by atoms with Gasteiger partial charge in [0.1, 0.15) is 0 Å². The molecule has 2 aromatic rings. The minimum atomic E-state index is 0.753. The van der Waals surface area contributed by atoms with Gasteiger partial charge < -0.3 is 5.32 Å². The van der Waals surface area contributed by atoms with Crippen molar-refractivity contribution in [2.24, 2.45) is 0 Å². The van der Waals surface area contributed by atoms with Gasteiger partial charge in [0.2, 0.25) is 0 Å². The van der Waals surface area contributed by atoms with Crippen LogP contribution >= 0.6 is 31.9 Å². The zero-order valence-electron chi connectivity index (χ0n) is 9.16. The smallest absolute Gasteiger partial charge is 0.0684 e. The predicted molar refractivity (Wildman–Crippen MR) is 76.6 cm³/mol. The monoisotopic (exact) mass is 354 g/mol. The predicted octanol–water partition coefficient (Wildman–Crippen LogP) is 3.90. The van der Waals surface area contributed by atoms with Gasteiger partial charge in [-0.1, -0.05) is 30.3 Å². The van der Waals surface area contributed by atoms with E-state index in [9.17, 15) is 0 Å². The van der Waals surface area contributed by atoms with Crippen LogP contribution < -0.4 is 5.32 Å². The lowest BCUT2D eigenvalue weighted by Gasteiger charge is -2.06. The van der Waals surface area contributed by atoms with Crippen LogP contribution in [0.2, 0.25) is 0 Å². The Morgan fingerprint density at radius 2 is 1.82 bits per heavy atom. The summed E-state index contributed by atoms with van der Waals surface area (Å²) in [6.45, 7) is 1.60. The number of hydrogen-bond acceptors (Lipinski definition) is 2. The van der Waals surface area contributed by atoms with Crippen molar-refractivity contribution in [3.8, 4) is 0 Å². The van der Waals surface area contributed by atoms with E-state index in [1.807, 2.05) is 30.5 Å². The lowest BCUT2D eigenvalue weighted by molar-refractivity contribution is 0.677. The number of pyridine rings is 1. The second-order valence-corrected chi connectivity index (χ2v) is 5.44. The maximum Gasteiger partial charge on any atom is 0.0684 e. The van der Waals surface area contributed by atoms with Gasteiger partial charge >= 0.3 is 0 Å². The largest absolute Gasteiger partial charge is 0.307 e. The Labute approximate surface area is 118 Å². The molecule has 0 atom stereocenters. The summed E-state index contributed by atoms with van der Waals surface area (Å²) < 4.78 is 2.00. The third kappa shape index (κ3) is 3.91. The molecular weight excluding hydrogens is 344 g/mol. The van der Waals surface area contributed by atoms with E-state index >= 15 is 0 Å². The molecule has 1 heterocycles. The fourth-order valence-corrected chi connectivity index (χ4v) is 2.62. The van der Waals surface area contributed by atoms with Crippen molar-refractivity contribution in [2.75, 3.05) is 0 Å². The highest BCUT2D eigenvalue weighted by atomic mass is 79.9. The molecule has 0 radical (unpaired) electrons. The highest BCUT2D eigenvalue weighted by Crippen LogP contribution is 2.19. The van der Waals surface area contributed by atoms with Crippen LogP contribution in [-0.2, 0) is 13.1 Å². The fraction of sp³-hybridized carbons (Fsp3) is 0.154. The van der Waals surface area contributed by atoms with E-state index in [0.29, 0.717) is 0 Å². The molecule has 2 rings (SSSR count). The van der Waals surface area contributed by atoms with Gasteiger partial charge in [0.25, 0.3) is 0 Å². The number of nitrogens with zero attached hydrogens (tertiary/aromatic N) is 1. The van der Waals surface area contributed by atoms with Crippen LogP contribution in [0, 0.1) is 0 Å². The third-order valence-electron chi connectivity index (χ3n) is 2.35. The molecule has 1 N–H and O–H groups in total. The summed E-state index contributed by atoms with van der Waals surface area (Å²) in [5.41, 5.74) is 2.30. The van der Waals surface area contributed by atoms with Crippen LogP contribution in [0.25, 0.3) is 0 Å². The highest BCUT2D eigenvalue weighted by Gasteiger charge is 2.01. The zero-order chi connectivity index (χ0) is 12.1. The van der Waals surface area contributed by atoms with Crippen molar-refractivity contribution < 1.29 is 0 Å². The molecule has 0 aliphatic heterocycles. The first-order valence-corrected chi connectivity index (χ1v) is 6.89. The average molecular weight is 356 g/mol. The fourth-order valence-electron chi connectivity index (χ4n) is 1.49. The lowest BCUT2D eigenvalue weighted by Crippen LogP contribution is -2.14. The number of aromatic nitrogens is 1. The van der Waals surface area contributed by atoms with Crippen LogP contribution in [0.3, 0.4) is 0 Å². The summed E-state index contributed by atoms with van der Waals surface area (Å²) in [7, 11) is 0. The average Bonchev–Trinajstić information content (AvgIpc) is 2.33. The first-order chi connectivity index (χ1) is 8.25. The van der Waals surface area contributed by atoms with Crippen LogP contribution in [0.1, 0.15) is 11.3 Å². The van der Waals surface area contributed by atoms with Crippen molar-refractivity contribution in [1.82, 2.24) is 10.3 Å². The Bertz CT molecular complexity index is 486. The Kier molecular flexibility index (Phi) is 4.71. The van der Waals surface area contributed by atoms with Gasteiger partial charge in [-0.05, 0) is 43.5 Å². The van der Waals surface area contributed by atoms with Gasteiger partial charge in [-0.25, -0.2) is 0 Å². The van der Waals surface area contributed by atoms with Crippen LogP contribution in [0.15, 0.2) is 51.5 Å². The quantitative estimate of drug-likeness (QED) is 0.899. The molecule has 0 aliphatic carbocycles. The molecule has 1 aromatic heterocycles. The van der Waals surface area contributed by atoms with Crippen molar-refractivity contribution in [2.45, 2.75) is 13.1 Å². The van der Waals surface area contributed by atoms with E-state index < -0.39 is 0 Å². The number of nitrogens with one attached hydrogen (secondary N) is 1. The summed E-state index contributed by atoms with van der Waals surface area (Å²) in [4.78, 5) is 4.35. The molecule has 17 heavy (non-hydrogen) atoms. The minimum absolute atomic E-state index is 0.753. The molecule has 0 fully saturated rings. The number of hydrogen-bond donors (Lipinski definition) is 1. The molecule has 0 bridgehead atoms. The Morgan fingerprint density at radius 3 is 2.53 bits per heavy atom. The second-order valence-electron chi connectivity index (χ2n) is 3.67. The summed E-state index contributed by atoms with van der Waals surface area (Å²) >= 11 is 6.89. The molecule has 88 valence electrons. The SMILES string of the molecule is Brc1cnc(CNCc2ccccc2)c(Br)c1. The van der Waals surface area contributed by atoms with E-state index in [1.165, 1.54) is 5.56 Å². The topological polar surface area (TPSA) is 24.9 Å². The molecule has 0 aliphatic rings. The maximum absolute atomic E-state index is 4.35. The van der Waals surface area contributed by atoms with E-state index in [0.717, 1.165) is 27.7 Å². The lowest BCUT2D eigenvalue weighted by atomic mass is 10.2.